The number of rotatable bonds is 11. The zero-order chi connectivity index (χ0) is 20.5. The lowest BCUT2D eigenvalue weighted by Crippen LogP contribution is -2.20. The molecule has 4 N–H and O–H groups in total. The van der Waals surface area contributed by atoms with E-state index in [4.69, 9.17) is 5.11 Å². The van der Waals surface area contributed by atoms with Crippen molar-refractivity contribution in [2.24, 2.45) is 11.8 Å². The molecule has 28 heavy (non-hydrogen) atoms. The van der Waals surface area contributed by atoms with Crippen molar-refractivity contribution < 1.29 is 29.6 Å². The lowest BCUT2D eigenvalue weighted by Gasteiger charge is -2.19. The van der Waals surface area contributed by atoms with Crippen LogP contribution < -0.4 is 0 Å². The molecule has 5 atom stereocenters. The van der Waals surface area contributed by atoms with Gasteiger partial charge in [-0.3, -0.25) is 4.79 Å². The third kappa shape index (κ3) is 7.13. The molecule has 2 rings (SSSR count). The molecule has 0 spiro atoms. The second-order valence-corrected chi connectivity index (χ2v) is 8.29. The number of aryl methyl sites for hydroxylation is 1. The van der Waals surface area contributed by atoms with E-state index >= 15 is 0 Å². The fourth-order valence-electron chi connectivity index (χ4n) is 3.58. The minimum absolute atomic E-state index is 0.133. The van der Waals surface area contributed by atoms with E-state index in [1.54, 1.807) is 17.5 Å². The molecule has 0 unspecified atom stereocenters. The van der Waals surface area contributed by atoms with E-state index < -0.39 is 24.3 Å². The zero-order valence-electron chi connectivity index (χ0n) is 15.8. The van der Waals surface area contributed by atoms with Gasteiger partial charge in [0, 0.05) is 23.6 Å². The number of carbonyl (C=O) groups is 1. The van der Waals surface area contributed by atoms with Gasteiger partial charge in [-0.05, 0) is 49.5 Å². The number of halogens is 1. The van der Waals surface area contributed by atoms with Crippen LogP contribution in [0.5, 0.6) is 0 Å². The molecule has 156 valence electrons. The average Bonchev–Trinajstić information content (AvgIpc) is 3.16. The Hall–Kier alpha value is -1.54. The van der Waals surface area contributed by atoms with E-state index in [-0.39, 0.29) is 24.1 Å². The number of thiophene rings is 1. The molecule has 1 fully saturated rings. The van der Waals surface area contributed by atoms with Gasteiger partial charge < -0.3 is 20.4 Å². The number of aliphatic carboxylic acids is 1. The fraction of sp³-hybridized carbons (Fsp3) is 0.571. The summed E-state index contributed by atoms with van der Waals surface area (Å²) in [6, 6.07) is 1.41. The van der Waals surface area contributed by atoms with Crippen LogP contribution in [-0.2, 0) is 11.2 Å². The van der Waals surface area contributed by atoms with Gasteiger partial charge >= 0.3 is 5.97 Å². The van der Waals surface area contributed by atoms with E-state index in [0.29, 0.717) is 43.4 Å². The van der Waals surface area contributed by atoms with Gasteiger partial charge in [-0.1, -0.05) is 24.3 Å². The Morgan fingerprint density at radius 2 is 2.11 bits per heavy atom. The van der Waals surface area contributed by atoms with E-state index in [1.165, 1.54) is 17.4 Å². The molecule has 1 aliphatic rings. The lowest BCUT2D eigenvalue weighted by atomic mass is 9.89. The topological polar surface area (TPSA) is 98.0 Å². The molecular formula is C21H29FO5S. The Labute approximate surface area is 168 Å². The SMILES string of the molecule is O=C(O)CCC/C=C\C[C@@H]1[C@@H](/C=C/[C@@H](O)CCc2sccc2F)[C@H](O)C[C@@H]1O. The highest BCUT2D eigenvalue weighted by Gasteiger charge is 2.39. The van der Waals surface area contributed by atoms with Crippen molar-refractivity contribution in [3.8, 4) is 0 Å². The number of hydrogen-bond donors (Lipinski definition) is 4. The summed E-state index contributed by atoms with van der Waals surface area (Å²) in [5.74, 6) is -1.46. The van der Waals surface area contributed by atoms with Crippen LogP contribution in [0, 0.1) is 17.7 Å². The monoisotopic (exact) mass is 412 g/mol. The largest absolute Gasteiger partial charge is 0.481 e. The molecule has 0 saturated heterocycles. The Kier molecular flexibility index (Phi) is 9.31. The first-order chi connectivity index (χ1) is 13.4. The van der Waals surface area contributed by atoms with Crippen molar-refractivity contribution in [1.82, 2.24) is 0 Å². The van der Waals surface area contributed by atoms with Gasteiger partial charge in [0.15, 0.2) is 0 Å². The van der Waals surface area contributed by atoms with Gasteiger partial charge in [0.2, 0.25) is 0 Å². The highest BCUT2D eigenvalue weighted by Crippen LogP contribution is 2.36. The van der Waals surface area contributed by atoms with E-state index in [1.807, 2.05) is 12.2 Å². The van der Waals surface area contributed by atoms with Gasteiger partial charge in [0.05, 0.1) is 18.3 Å². The zero-order valence-corrected chi connectivity index (χ0v) is 16.6. The summed E-state index contributed by atoms with van der Waals surface area (Å²) in [4.78, 5) is 11.1. The molecule has 5 nitrogen and oxygen atoms in total. The molecule has 1 aromatic heterocycles. The summed E-state index contributed by atoms with van der Waals surface area (Å²) in [6.45, 7) is 0. The third-order valence-corrected chi connectivity index (χ3v) is 6.12. The van der Waals surface area contributed by atoms with Gasteiger partial charge in [0.25, 0.3) is 0 Å². The minimum atomic E-state index is -0.812. The molecule has 1 heterocycles. The summed E-state index contributed by atoms with van der Waals surface area (Å²) in [7, 11) is 0. The molecule has 0 aliphatic heterocycles. The van der Waals surface area contributed by atoms with E-state index in [9.17, 15) is 24.5 Å². The Morgan fingerprint density at radius 1 is 1.32 bits per heavy atom. The number of allylic oxidation sites excluding steroid dienone is 2. The third-order valence-electron chi connectivity index (χ3n) is 5.17. The van der Waals surface area contributed by atoms with E-state index in [0.717, 1.165) is 0 Å². The normalized spacial score (nSPS) is 26.4. The van der Waals surface area contributed by atoms with Gasteiger partial charge in [-0.2, -0.15) is 0 Å². The maximum absolute atomic E-state index is 13.4. The number of aliphatic hydroxyl groups is 3. The van der Waals surface area contributed by atoms with Gasteiger partial charge in [0.1, 0.15) is 5.82 Å². The van der Waals surface area contributed by atoms with Crippen LogP contribution in [0.1, 0.15) is 43.4 Å². The van der Waals surface area contributed by atoms with Crippen molar-refractivity contribution in [2.75, 3.05) is 0 Å². The van der Waals surface area contributed by atoms with Crippen LogP contribution in [0.3, 0.4) is 0 Å². The van der Waals surface area contributed by atoms with Gasteiger partial charge in [-0.25, -0.2) is 4.39 Å². The Morgan fingerprint density at radius 3 is 2.79 bits per heavy atom. The average molecular weight is 413 g/mol. The standard InChI is InChI=1S/C21H29FO5S/c22-17-11-12-28-20(17)10-8-14(23)7-9-16-15(18(24)13-19(16)25)5-3-1-2-4-6-21(26)27/h1,3,7,9,11-12,14-16,18-19,23-25H,2,4-6,8,10,13H2,(H,26,27)/b3-1-,9-7+/t14-,15-,16-,18+,19-/m1/s1. The summed E-state index contributed by atoms with van der Waals surface area (Å²) in [5.41, 5.74) is 0. The summed E-state index contributed by atoms with van der Waals surface area (Å²) in [6.07, 6.45) is 8.28. The van der Waals surface area contributed by atoms with Crippen molar-refractivity contribution >= 4 is 17.3 Å². The maximum Gasteiger partial charge on any atom is 0.303 e. The molecular weight excluding hydrogens is 383 g/mol. The summed E-state index contributed by atoms with van der Waals surface area (Å²) in [5, 5.41) is 40.9. The fourth-order valence-corrected chi connectivity index (χ4v) is 4.35. The molecule has 1 saturated carbocycles. The highest BCUT2D eigenvalue weighted by molar-refractivity contribution is 7.09. The first-order valence-corrected chi connectivity index (χ1v) is 10.6. The molecule has 7 heteroatoms. The lowest BCUT2D eigenvalue weighted by molar-refractivity contribution is -0.137. The summed E-state index contributed by atoms with van der Waals surface area (Å²) >= 11 is 1.33. The number of unbranched alkanes of at least 4 members (excludes halogenated alkanes) is 1. The van der Waals surface area contributed by atoms with Crippen molar-refractivity contribution in [1.29, 1.82) is 0 Å². The predicted octanol–water partition coefficient (Wildman–Crippen LogP) is 3.30. The molecule has 0 amide bonds. The maximum atomic E-state index is 13.4. The van der Waals surface area contributed by atoms with Crippen LogP contribution >= 0.6 is 11.3 Å². The number of carboxylic acids is 1. The predicted molar refractivity (Wildman–Crippen MR) is 107 cm³/mol. The van der Waals surface area contributed by atoms with Crippen LogP contribution in [-0.4, -0.2) is 44.7 Å². The molecule has 1 aliphatic carbocycles. The Bertz CT molecular complexity index is 672. The van der Waals surface area contributed by atoms with Crippen LogP contribution in [0.2, 0.25) is 0 Å². The molecule has 0 bridgehead atoms. The number of aliphatic hydroxyl groups excluding tert-OH is 3. The first-order valence-electron chi connectivity index (χ1n) is 9.69. The molecule has 0 aromatic carbocycles. The minimum Gasteiger partial charge on any atom is -0.481 e. The first kappa shape index (κ1) is 22.7. The van der Waals surface area contributed by atoms with Crippen LogP contribution in [0.15, 0.2) is 35.8 Å². The second-order valence-electron chi connectivity index (χ2n) is 7.29. The summed E-state index contributed by atoms with van der Waals surface area (Å²) < 4.78 is 13.4. The van der Waals surface area contributed by atoms with Crippen LogP contribution in [0.4, 0.5) is 4.39 Å². The smallest absolute Gasteiger partial charge is 0.303 e. The molecule has 1 aromatic rings. The highest BCUT2D eigenvalue weighted by atomic mass is 32.1. The van der Waals surface area contributed by atoms with E-state index in [2.05, 4.69) is 0 Å². The molecule has 0 radical (unpaired) electrons. The Balaban J connectivity index is 1.82. The number of hydrogen-bond acceptors (Lipinski definition) is 5. The van der Waals surface area contributed by atoms with Crippen molar-refractivity contribution in [2.45, 2.75) is 63.3 Å². The number of carboxylic acid groups (broad SMARTS) is 1. The quantitative estimate of drug-likeness (QED) is 0.330. The van der Waals surface area contributed by atoms with Crippen molar-refractivity contribution in [3.05, 3.63) is 46.4 Å². The second kappa shape index (κ2) is 11.5. The van der Waals surface area contributed by atoms with Crippen LogP contribution in [0.25, 0.3) is 0 Å². The van der Waals surface area contributed by atoms with Gasteiger partial charge in [-0.15, -0.1) is 11.3 Å². The van der Waals surface area contributed by atoms with Crippen molar-refractivity contribution in [3.63, 3.8) is 0 Å².